The summed E-state index contributed by atoms with van der Waals surface area (Å²) in [6.07, 6.45) is 2.82. The van der Waals surface area contributed by atoms with E-state index in [1.807, 2.05) is 30.5 Å². The maximum atomic E-state index is 12.0. The molecule has 9 heteroatoms. The Morgan fingerprint density at radius 2 is 2.23 bits per heavy atom. The van der Waals surface area contributed by atoms with Crippen LogP contribution in [0.5, 0.6) is 0 Å². The topological polar surface area (TPSA) is 118 Å². The standard InChI is InChI=1S/C17H18N4O4S/c22-15(19-13-6-8-26(23,24)10-13)3-4-16-20-17(21-25-16)12-2-1-11-5-7-18-14(11)9-12/h1-2,5,7,9,13,18H,3-4,6,8,10H2,(H,19,22)/t13-/m0/s1. The van der Waals surface area contributed by atoms with Gasteiger partial charge in [0.2, 0.25) is 17.6 Å². The van der Waals surface area contributed by atoms with Crippen LogP contribution in [0, 0.1) is 0 Å². The van der Waals surface area contributed by atoms with E-state index in [2.05, 4.69) is 20.4 Å². The highest BCUT2D eigenvalue weighted by atomic mass is 32.2. The lowest BCUT2D eigenvalue weighted by atomic mass is 10.1. The van der Waals surface area contributed by atoms with Gasteiger partial charge >= 0.3 is 0 Å². The second kappa shape index (κ2) is 6.56. The van der Waals surface area contributed by atoms with Crippen molar-refractivity contribution in [2.45, 2.75) is 25.3 Å². The van der Waals surface area contributed by atoms with Crippen LogP contribution in [-0.2, 0) is 21.1 Å². The zero-order chi connectivity index (χ0) is 18.1. The second-order valence-electron chi connectivity index (χ2n) is 6.46. The molecule has 1 amide bonds. The zero-order valence-electron chi connectivity index (χ0n) is 13.9. The highest BCUT2D eigenvalue weighted by Gasteiger charge is 2.28. The molecule has 3 heterocycles. The van der Waals surface area contributed by atoms with Gasteiger partial charge in [0.1, 0.15) is 0 Å². The predicted molar refractivity (Wildman–Crippen MR) is 95.1 cm³/mol. The maximum absolute atomic E-state index is 12.0. The lowest BCUT2D eigenvalue weighted by molar-refractivity contribution is -0.121. The maximum Gasteiger partial charge on any atom is 0.227 e. The van der Waals surface area contributed by atoms with E-state index in [9.17, 15) is 13.2 Å². The zero-order valence-corrected chi connectivity index (χ0v) is 14.8. The summed E-state index contributed by atoms with van der Waals surface area (Å²) in [5.74, 6) is 0.792. The Kier molecular flexibility index (Phi) is 4.23. The Morgan fingerprint density at radius 3 is 3.04 bits per heavy atom. The van der Waals surface area contributed by atoms with Crippen molar-refractivity contribution in [1.82, 2.24) is 20.4 Å². The van der Waals surface area contributed by atoms with Crippen LogP contribution in [0.25, 0.3) is 22.3 Å². The van der Waals surface area contributed by atoms with Gasteiger partial charge in [0.25, 0.3) is 0 Å². The summed E-state index contributed by atoms with van der Waals surface area (Å²) in [4.78, 5) is 19.4. The van der Waals surface area contributed by atoms with Crippen molar-refractivity contribution >= 4 is 26.6 Å². The highest BCUT2D eigenvalue weighted by molar-refractivity contribution is 7.91. The van der Waals surface area contributed by atoms with Gasteiger partial charge in [-0.05, 0) is 23.9 Å². The van der Waals surface area contributed by atoms with E-state index >= 15 is 0 Å². The van der Waals surface area contributed by atoms with Crippen molar-refractivity contribution in [3.63, 3.8) is 0 Å². The number of hydrogen-bond donors (Lipinski definition) is 2. The number of carbonyl (C=O) groups excluding carboxylic acids is 1. The van der Waals surface area contributed by atoms with Crippen LogP contribution < -0.4 is 5.32 Å². The third kappa shape index (κ3) is 3.62. The molecule has 1 aliphatic rings. The Hall–Kier alpha value is -2.68. The van der Waals surface area contributed by atoms with E-state index in [4.69, 9.17) is 4.52 Å². The van der Waals surface area contributed by atoms with Crippen molar-refractivity contribution in [2.75, 3.05) is 11.5 Å². The SMILES string of the molecule is O=C(CCc1nc(-c2ccc3cc[nH]c3c2)no1)N[C@H]1CCS(=O)(=O)C1. The number of nitrogens with zero attached hydrogens (tertiary/aromatic N) is 2. The second-order valence-corrected chi connectivity index (χ2v) is 8.69. The number of aromatic amines is 1. The number of amides is 1. The van der Waals surface area contributed by atoms with E-state index in [-0.39, 0.29) is 29.9 Å². The number of H-pyrrole nitrogens is 1. The molecular weight excluding hydrogens is 356 g/mol. The highest BCUT2D eigenvalue weighted by Crippen LogP contribution is 2.21. The van der Waals surface area contributed by atoms with Crippen molar-refractivity contribution < 1.29 is 17.7 Å². The third-order valence-corrected chi connectivity index (χ3v) is 6.21. The summed E-state index contributed by atoms with van der Waals surface area (Å²) < 4.78 is 28.1. The first-order chi connectivity index (χ1) is 12.5. The molecule has 2 aromatic heterocycles. The summed E-state index contributed by atoms with van der Waals surface area (Å²) in [5.41, 5.74) is 1.82. The Morgan fingerprint density at radius 1 is 1.35 bits per heavy atom. The van der Waals surface area contributed by atoms with Crippen LogP contribution in [0.2, 0.25) is 0 Å². The Labute approximate surface area is 149 Å². The molecule has 0 aliphatic carbocycles. The molecule has 1 fully saturated rings. The number of aromatic nitrogens is 3. The van der Waals surface area contributed by atoms with Gasteiger partial charge in [0.15, 0.2) is 9.84 Å². The molecule has 8 nitrogen and oxygen atoms in total. The van der Waals surface area contributed by atoms with Gasteiger partial charge in [-0.25, -0.2) is 8.42 Å². The molecule has 3 aromatic rings. The fraction of sp³-hybridized carbons (Fsp3) is 0.353. The number of sulfone groups is 1. The summed E-state index contributed by atoms with van der Waals surface area (Å²) in [6, 6.07) is 7.52. The summed E-state index contributed by atoms with van der Waals surface area (Å²) >= 11 is 0. The van der Waals surface area contributed by atoms with Crippen molar-refractivity contribution in [2.24, 2.45) is 0 Å². The van der Waals surface area contributed by atoms with Crippen molar-refractivity contribution in [1.29, 1.82) is 0 Å². The molecule has 2 N–H and O–H groups in total. The molecule has 0 saturated carbocycles. The van der Waals surface area contributed by atoms with Crippen molar-refractivity contribution in [3.8, 4) is 11.4 Å². The van der Waals surface area contributed by atoms with Gasteiger partial charge < -0.3 is 14.8 Å². The van der Waals surface area contributed by atoms with E-state index in [0.717, 1.165) is 16.5 Å². The molecular formula is C17H18N4O4S. The van der Waals surface area contributed by atoms with Crippen LogP contribution in [0.4, 0.5) is 0 Å². The first kappa shape index (κ1) is 16.8. The van der Waals surface area contributed by atoms with Gasteiger partial charge in [-0.1, -0.05) is 17.3 Å². The largest absolute Gasteiger partial charge is 0.361 e. The molecule has 4 rings (SSSR count). The molecule has 0 bridgehead atoms. The predicted octanol–water partition coefficient (Wildman–Crippen LogP) is 1.45. The monoisotopic (exact) mass is 374 g/mol. The minimum atomic E-state index is -3.01. The molecule has 1 saturated heterocycles. The molecule has 1 aliphatic heterocycles. The molecule has 136 valence electrons. The van der Waals surface area contributed by atoms with Gasteiger partial charge in [-0.3, -0.25) is 4.79 Å². The fourth-order valence-electron chi connectivity index (χ4n) is 3.09. The average molecular weight is 374 g/mol. The van der Waals surface area contributed by atoms with Gasteiger partial charge in [0, 0.05) is 36.2 Å². The molecule has 0 radical (unpaired) electrons. The van der Waals surface area contributed by atoms with Crippen LogP contribution in [0.15, 0.2) is 35.0 Å². The Bertz CT molecular complexity index is 1050. The van der Waals surface area contributed by atoms with Crippen LogP contribution in [-0.4, -0.2) is 47.0 Å². The number of aryl methyl sites for hydroxylation is 1. The fourth-order valence-corrected chi connectivity index (χ4v) is 4.76. The van der Waals surface area contributed by atoms with E-state index < -0.39 is 9.84 Å². The molecule has 0 spiro atoms. The van der Waals surface area contributed by atoms with Gasteiger partial charge in [0.05, 0.1) is 11.5 Å². The van der Waals surface area contributed by atoms with Crippen molar-refractivity contribution in [3.05, 3.63) is 36.4 Å². The smallest absolute Gasteiger partial charge is 0.227 e. The molecule has 1 aromatic carbocycles. The van der Waals surface area contributed by atoms with E-state index in [0.29, 0.717) is 24.6 Å². The van der Waals surface area contributed by atoms with Crippen LogP contribution in [0.1, 0.15) is 18.7 Å². The van der Waals surface area contributed by atoms with Crippen LogP contribution in [0.3, 0.4) is 0 Å². The number of nitrogens with one attached hydrogen (secondary N) is 2. The number of hydrogen-bond acceptors (Lipinski definition) is 6. The molecule has 0 unspecified atom stereocenters. The minimum Gasteiger partial charge on any atom is -0.361 e. The first-order valence-corrected chi connectivity index (χ1v) is 10.2. The van der Waals surface area contributed by atoms with E-state index in [1.165, 1.54) is 0 Å². The van der Waals surface area contributed by atoms with Gasteiger partial charge in [-0.15, -0.1) is 0 Å². The molecule has 1 atom stereocenters. The summed E-state index contributed by atoms with van der Waals surface area (Å²) in [5, 5.41) is 7.82. The van der Waals surface area contributed by atoms with Crippen LogP contribution >= 0.6 is 0 Å². The average Bonchev–Trinajstić information content (AvgIpc) is 3.31. The minimum absolute atomic E-state index is 0.0185. The third-order valence-electron chi connectivity index (χ3n) is 4.44. The normalized spacial score (nSPS) is 19.0. The summed E-state index contributed by atoms with van der Waals surface area (Å²) in [6.45, 7) is 0. The van der Waals surface area contributed by atoms with E-state index in [1.54, 1.807) is 0 Å². The number of fused-ring (bicyclic) bond motifs is 1. The lowest BCUT2D eigenvalue weighted by Crippen LogP contribution is -2.35. The first-order valence-electron chi connectivity index (χ1n) is 8.38. The number of benzene rings is 1. The lowest BCUT2D eigenvalue weighted by Gasteiger charge is -2.09. The molecule has 26 heavy (non-hydrogen) atoms. The summed E-state index contributed by atoms with van der Waals surface area (Å²) in [7, 11) is -3.01. The Balaban J connectivity index is 1.35. The number of rotatable bonds is 5. The number of carbonyl (C=O) groups is 1. The van der Waals surface area contributed by atoms with Gasteiger partial charge in [-0.2, -0.15) is 4.98 Å². The quantitative estimate of drug-likeness (QED) is 0.698.